The number of hydrogen-bond acceptors (Lipinski definition) is 3. The molecule has 0 bridgehead atoms. The van der Waals surface area contributed by atoms with E-state index in [0.717, 1.165) is 31.9 Å². The zero-order valence-corrected chi connectivity index (χ0v) is 19.8. The summed E-state index contributed by atoms with van der Waals surface area (Å²) in [5.41, 5.74) is 3.01. The summed E-state index contributed by atoms with van der Waals surface area (Å²) >= 11 is 0. The lowest BCUT2D eigenvalue weighted by Crippen LogP contribution is -2.44. The average Bonchev–Trinajstić information content (AvgIpc) is 3.35. The Labute approximate surface area is 186 Å². The first-order valence-electron chi connectivity index (χ1n) is 10.4. The van der Waals surface area contributed by atoms with Gasteiger partial charge >= 0.3 is 0 Å². The second-order valence-corrected chi connectivity index (χ2v) is 10.7. The molecule has 1 atom stereocenters. The van der Waals surface area contributed by atoms with Crippen molar-refractivity contribution in [3.63, 3.8) is 0 Å². The van der Waals surface area contributed by atoms with Crippen LogP contribution in [-0.2, 0) is 15.3 Å². The lowest BCUT2D eigenvalue weighted by molar-refractivity contribution is 0.477. The van der Waals surface area contributed by atoms with Crippen molar-refractivity contribution in [2.45, 2.75) is 50.9 Å². The third-order valence-corrected chi connectivity index (χ3v) is 8.24. The summed E-state index contributed by atoms with van der Waals surface area (Å²) in [6.07, 6.45) is 6.89. The van der Waals surface area contributed by atoms with Crippen molar-refractivity contribution in [1.29, 1.82) is 0 Å². The Morgan fingerprint density at radius 2 is 2.04 bits per heavy atom. The van der Waals surface area contributed by atoms with Gasteiger partial charge in [0, 0.05) is 30.7 Å². The fraction of sp³-hybridized carbons (Fsp3) is 0.667. The van der Waals surface area contributed by atoms with Gasteiger partial charge < -0.3 is 10.2 Å². The van der Waals surface area contributed by atoms with Crippen molar-refractivity contribution in [3.8, 4) is 0 Å². The number of aliphatic imine (C=N–C) groups is 1. The predicted molar refractivity (Wildman–Crippen MR) is 127 cm³/mol. The first-order valence-corrected chi connectivity index (χ1v) is 12.2. The molecule has 0 amide bonds. The summed E-state index contributed by atoms with van der Waals surface area (Å²) in [5.74, 6) is 1.70. The second kappa shape index (κ2) is 8.90. The number of para-hydroxylation sites is 1. The van der Waals surface area contributed by atoms with Crippen molar-refractivity contribution in [2.24, 2.45) is 10.9 Å². The van der Waals surface area contributed by atoms with Crippen LogP contribution < -0.4 is 10.2 Å². The number of nitrogens with zero attached hydrogens (tertiary/aromatic N) is 2. The molecule has 1 saturated heterocycles. The Kier molecular flexibility index (Phi) is 6.95. The normalized spacial score (nSPS) is 25.0. The van der Waals surface area contributed by atoms with E-state index in [1.807, 2.05) is 0 Å². The largest absolute Gasteiger partial charge is 0.356 e. The first-order chi connectivity index (χ1) is 13.0. The van der Waals surface area contributed by atoms with Gasteiger partial charge in [0.1, 0.15) is 0 Å². The number of benzene rings is 1. The molecule has 156 valence electrons. The van der Waals surface area contributed by atoms with Crippen LogP contribution in [0.2, 0.25) is 0 Å². The zero-order chi connectivity index (χ0) is 18.9. The Morgan fingerprint density at radius 1 is 1.29 bits per heavy atom. The third kappa shape index (κ3) is 4.35. The highest BCUT2D eigenvalue weighted by molar-refractivity contribution is 14.0. The molecule has 2 fully saturated rings. The predicted octanol–water partition coefficient (Wildman–Crippen LogP) is 3.73. The molecule has 3 aliphatic rings. The standard InChI is InChI=1S/C21H31N3O2S.HI/c1-2-12-22-20(23-14-17-9-13-27(25,26)15-17)24-16-21(10-5-6-11-21)18-7-3-4-8-19(18)24;/h3-4,7-8,17H,2,5-6,9-16H2,1H3,(H,22,23);1H. The molecule has 1 spiro atoms. The van der Waals surface area contributed by atoms with E-state index in [-0.39, 0.29) is 41.1 Å². The summed E-state index contributed by atoms with van der Waals surface area (Å²) in [5, 5.41) is 3.53. The van der Waals surface area contributed by atoms with E-state index in [1.165, 1.54) is 36.9 Å². The molecular weight excluding hydrogens is 485 g/mol. The van der Waals surface area contributed by atoms with Gasteiger partial charge in [-0.05, 0) is 43.2 Å². The van der Waals surface area contributed by atoms with Crippen molar-refractivity contribution >= 4 is 45.5 Å². The van der Waals surface area contributed by atoms with Gasteiger partial charge in [-0.3, -0.25) is 4.99 Å². The maximum atomic E-state index is 11.8. The molecule has 1 N–H and O–H groups in total. The number of guanidine groups is 1. The first kappa shape index (κ1) is 21.9. The lowest BCUT2D eigenvalue weighted by atomic mass is 9.81. The number of anilines is 1. The van der Waals surface area contributed by atoms with Crippen LogP contribution in [0, 0.1) is 5.92 Å². The van der Waals surface area contributed by atoms with Crippen LogP contribution in [0.5, 0.6) is 0 Å². The minimum Gasteiger partial charge on any atom is -0.356 e. The van der Waals surface area contributed by atoms with E-state index in [9.17, 15) is 8.42 Å². The topological polar surface area (TPSA) is 61.8 Å². The van der Waals surface area contributed by atoms with Gasteiger partial charge in [0.2, 0.25) is 0 Å². The smallest absolute Gasteiger partial charge is 0.198 e. The summed E-state index contributed by atoms with van der Waals surface area (Å²) in [7, 11) is -2.85. The van der Waals surface area contributed by atoms with Crippen LogP contribution >= 0.6 is 24.0 Å². The van der Waals surface area contributed by atoms with Gasteiger partial charge in [0.15, 0.2) is 15.8 Å². The Morgan fingerprint density at radius 3 is 2.71 bits per heavy atom. The molecule has 0 aromatic heterocycles. The van der Waals surface area contributed by atoms with Crippen molar-refractivity contribution in [1.82, 2.24) is 5.32 Å². The summed E-state index contributed by atoms with van der Waals surface area (Å²) < 4.78 is 23.5. The van der Waals surface area contributed by atoms with E-state index in [0.29, 0.717) is 12.3 Å². The molecule has 1 unspecified atom stereocenters. The number of sulfone groups is 1. The van der Waals surface area contributed by atoms with Crippen LogP contribution in [0.1, 0.15) is 51.0 Å². The van der Waals surface area contributed by atoms with E-state index in [1.54, 1.807) is 0 Å². The van der Waals surface area contributed by atoms with Crippen LogP contribution in [0.25, 0.3) is 0 Å². The fourth-order valence-electron chi connectivity index (χ4n) is 5.00. The van der Waals surface area contributed by atoms with Crippen LogP contribution in [-0.4, -0.2) is 45.5 Å². The van der Waals surface area contributed by atoms with Gasteiger partial charge in [0.25, 0.3) is 0 Å². The molecule has 5 nitrogen and oxygen atoms in total. The van der Waals surface area contributed by atoms with Gasteiger partial charge in [-0.25, -0.2) is 8.42 Å². The molecular formula is C21H32IN3O2S. The molecule has 0 radical (unpaired) electrons. The second-order valence-electron chi connectivity index (χ2n) is 8.45. The molecule has 28 heavy (non-hydrogen) atoms. The molecule has 1 aliphatic carbocycles. The minimum absolute atomic E-state index is 0. The number of nitrogens with one attached hydrogen (secondary N) is 1. The van der Waals surface area contributed by atoms with E-state index < -0.39 is 9.84 Å². The highest BCUT2D eigenvalue weighted by Crippen LogP contribution is 2.50. The quantitative estimate of drug-likeness (QED) is 0.376. The molecule has 7 heteroatoms. The van der Waals surface area contributed by atoms with Gasteiger partial charge in [-0.15, -0.1) is 24.0 Å². The number of rotatable bonds is 4. The number of fused-ring (bicyclic) bond motifs is 2. The molecule has 1 aromatic carbocycles. The van der Waals surface area contributed by atoms with Gasteiger partial charge in [-0.1, -0.05) is 38.0 Å². The number of hydrogen-bond donors (Lipinski definition) is 1. The van der Waals surface area contributed by atoms with Crippen molar-refractivity contribution in [3.05, 3.63) is 29.8 Å². The Bertz CT molecular complexity index is 819. The molecule has 2 heterocycles. The lowest BCUT2D eigenvalue weighted by Gasteiger charge is -2.27. The highest BCUT2D eigenvalue weighted by Gasteiger charge is 2.45. The van der Waals surface area contributed by atoms with Gasteiger partial charge in [-0.2, -0.15) is 0 Å². The Balaban J connectivity index is 0.00000225. The minimum atomic E-state index is -2.85. The van der Waals surface area contributed by atoms with Crippen molar-refractivity contribution in [2.75, 3.05) is 36.0 Å². The maximum Gasteiger partial charge on any atom is 0.198 e. The van der Waals surface area contributed by atoms with Gasteiger partial charge in [0.05, 0.1) is 11.5 Å². The Hall–Kier alpha value is -0.830. The highest BCUT2D eigenvalue weighted by atomic mass is 127. The SMILES string of the molecule is CCCNC(=NCC1CCS(=O)(=O)C1)N1CC2(CCCC2)c2ccccc21.I. The maximum absolute atomic E-state index is 11.8. The monoisotopic (exact) mass is 517 g/mol. The average molecular weight is 517 g/mol. The zero-order valence-electron chi connectivity index (χ0n) is 16.7. The third-order valence-electron chi connectivity index (χ3n) is 6.40. The van der Waals surface area contributed by atoms with Crippen LogP contribution in [0.3, 0.4) is 0 Å². The fourth-order valence-corrected chi connectivity index (χ4v) is 6.85. The molecule has 2 aliphatic heterocycles. The van der Waals surface area contributed by atoms with Crippen LogP contribution in [0.15, 0.2) is 29.3 Å². The molecule has 4 rings (SSSR count). The molecule has 1 aromatic rings. The summed E-state index contributed by atoms with van der Waals surface area (Å²) in [6.45, 7) is 4.62. The number of halogens is 1. The van der Waals surface area contributed by atoms with Crippen molar-refractivity contribution < 1.29 is 8.42 Å². The van der Waals surface area contributed by atoms with Crippen LogP contribution in [0.4, 0.5) is 5.69 Å². The van der Waals surface area contributed by atoms with E-state index in [2.05, 4.69) is 41.4 Å². The summed E-state index contributed by atoms with van der Waals surface area (Å²) in [6, 6.07) is 8.77. The molecule has 1 saturated carbocycles. The van der Waals surface area contributed by atoms with E-state index >= 15 is 0 Å². The van der Waals surface area contributed by atoms with E-state index in [4.69, 9.17) is 4.99 Å². The summed E-state index contributed by atoms with van der Waals surface area (Å²) in [4.78, 5) is 7.27.